The number of halogens is 2. The van der Waals surface area contributed by atoms with Crippen molar-refractivity contribution in [2.24, 2.45) is 5.41 Å². The van der Waals surface area contributed by atoms with Gasteiger partial charge >= 0.3 is 0 Å². The maximum atomic E-state index is 16.6. The van der Waals surface area contributed by atoms with Crippen LogP contribution >= 0.6 is 11.6 Å². The van der Waals surface area contributed by atoms with Crippen molar-refractivity contribution in [3.05, 3.63) is 105 Å². The molecule has 11 heteroatoms. The minimum atomic E-state index is -1.80. The predicted octanol–water partition coefficient (Wildman–Crippen LogP) is 4.49. The van der Waals surface area contributed by atoms with Crippen molar-refractivity contribution in [2.45, 2.75) is 37.6 Å². The van der Waals surface area contributed by atoms with Crippen LogP contribution in [0.2, 0.25) is 5.02 Å². The Hall–Kier alpha value is -3.83. The van der Waals surface area contributed by atoms with Crippen LogP contribution in [0.15, 0.2) is 66.5 Å². The van der Waals surface area contributed by atoms with E-state index < -0.39 is 28.5 Å². The molecule has 1 amide bonds. The number of pyridine rings is 1. The Labute approximate surface area is 254 Å². The summed E-state index contributed by atoms with van der Waals surface area (Å²) in [5.41, 5.74) is -2.66. The van der Waals surface area contributed by atoms with Crippen LogP contribution in [-0.4, -0.2) is 59.6 Å². The summed E-state index contributed by atoms with van der Waals surface area (Å²) in [5.74, 6) is -0.901. The third-order valence-electron chi connectivity index (χ3n) is 8.33. The second-order valence-corrected chi connectivity index (χ2v) is 11.6. The van der Waals surface area contributed by atoms with Gasteiger partial charge in [-0.3, -0.25) is 9.69 Å². The lowest BCUT2D eigenvalue weighted by Gasteiger charge is -2.40. The van der Waals surface area contributed by atoms with Gasteiger partial charge in [-0.25, -0.2) is 9.37 Å². The number of nitrogens with zero attached hydrogens (tertiary/aromatic N) is 2. The van der Waals surface area contributed by atoms with Crippen molar-refractivity contribution in [3.63, 3.8) is 0 Å². The van der Waals surface area contributed by atoms with Gasteiger partial charge in [0.1, 0.15) is 11.4 Å². The van der Waals surface area contributed by atoms with Gasteiger partial charge in [0, 0.05) is 53.3 Å². The molecule has 2 aliphatic rings. The Morgan fingerprint density at radius 2 is 1.98 bits per heavy atom. The molecule has 0 saturated heterocycles. The molecule has 9 nitrogen and oxygen atoms in total. The fraction of sp³-hybridized carbons (Fsp3) is 0.344. The van der Waals surface area contributed by atoms with Gasteiger partial charge in [-0.15, -0.1) is 0 Å². The fourth-order valence-corrected chi connectivity index (χ4v) is 5.58. The van der Waals surface area contributed by atoms with E-state index in [2.05, 4.69) is 10.3 Å². The number of hydrogen-bond acceptors (Lipinski definition) is 8. The first-order chi connectivity index (χ1) is 20.5. The zero-order valence-electron chi connectivity index (χ0n) is 24.2. The molecule has 0 spiro atoms. The smallest absolute Gasteiger partial charge is 0.257 e. The number of rotatable bonds is 12. The Kier molecular flexibility index (Phi) is 8.32. The molecule has 1 aliphatic heterocycles. The highest BCUT2D eigenvalue weighted by Crippen LogP contribution is 2.52. The van der Waals surface area contributed by atoms with Crippen LogP contribution in [0.3, 0.4) is 0 Å². The van der Waals surface area contributed by atoms with Gasteiger partial charge in [-0.2, -0.15) is 0 Å². The third kappa shape index (κ3) is 5.40. The first-order valence-electron chi connectivity index (χ1n) is 13.8. The molecule has 1 fully saturated rings. The molecule has 1 aliphatic carbocycles. The monoisotopic (exact) mass is 608 g/mol. The molecule has 1 aromatic heterocycles. The number of carbonyl (C=O) groups is 1. The Morgan fingerprint density at radius 3 is 2.53 bits per heavy atom. The number of hydrogen-bond donors (Lipinski definition) is 4. The number of aliphatic hydroxyl groups is 2. The van der Waals surface area contributed by atoms with E-state index in [-0.39, 0.29) is 42.0 Å². The zero-order chi connectivity index (χ0) is 31.0. The molecular formula is C32H34ClFN4O5. The summed E-state index contributed by atoms with van der Waals surface area (Å²) in [6.45, 7) is 1.39. The summed E-state index contributed by atoms with van der Waals surface area (Å²) in [6, 6.07) is 12.7. The molecular weight excluding hydrogens is 575 g/mol. The highest BCUT2D eigenvalue weighted by atomic mass is 35.5. The van der Waals surface area contributed by atoms with Gasteiger partial charge in [0.25, 0.3) is 5.91 Å². The van der Waals surface area contributed by atoms with E-state index in [9.17, 15) is 15.0 Å². The molecule has 1 unspecified atom stereocenters. The fourth-order valence-electron chi connectivity index (χ4n) is 5.45. The average Bonchev–Trinajstić information content (AvgIpc) is 3.76. The van der Waals surface area contributed by atoms with Crippen LogP contribution in [0.1, 0.15) is 52.4 Å². The number of fused-ring (bicyclic) bond motifs is 1. The van der Waals surface area contributed by atoms with Crippen molar-refractivity contribution >= 4 is 23.7 Å². The lowest BCUT2D eigenvalue weighted by atomic mass is 9.84. The number of carbonyl (C=O) groups excluding carboxylic acids is 1. The molecule has 2 atom stereocenters. The molecule has 3 aromatic rings. The Bertz CT molecular complexity index is 1560. The maximum absolute atomic E-state index is 16.6. The number of benzene rings is 2. The summed E-state index contributed by atoms with van der Waals surface area (Å²) in [4.78, 5) is 20.1. The van der Waals surface area contributed by atoms with E-state index in [1.54, 1.807) is 49.6 Å². The average molecular weight is 609 g/mol. The molecule has 1 saturated carbocycles. The van der Waals surface area contributed by atoms with Crippen LogP contribution in [0.5, 0.6) is 5.88 Å². The van der Waals surface area contributed by atoms with Crippen molar-refractivity contribution in [1.29, 1.82) is 5.41 Å². The predicted molar refractivity (Wildman–Crippen MR) is 159 cm³/mol. The van der Waals surface area contributed by atoms with Crippen LogP contribution in [-0.2, 0) is 22.6 Å². The summed E-state index contributed by atoms with van der Waals surface area (Å²) in [7, 11) is 3.12. The SMILES string of the molecule is CN/C=C(\C=N)C(C)(O)c1cc(F)c2c(c1)C(=O)N(Cc1ccc(OC)nc1)[C@@]2(OCC1(CO)CC1)c1ccc(Cl)cc1. The molecule has 0 bridgehead atoms. The molecule has 2 aromatic carbocycles. The second kappa shape index (κ2) is 11.7. The van der Waals surface area contributed by atoms with Gasteiger partial charge in [0.05, 0.1) is 38.0 Å². The van der Waals surface area contributed by atoms with Gasteiger partial charge in [-0.05, 0) is 55.2 Å². The molecule has 43 heavy (non-hydrogen) atoms. The highest BCUT2D eigenvalue weighted by molar-refractivity contribution is 6.30. The minimum absolute atomic E-state index is 0.00414. The first-order valence-corrected chi connectivity index (χ1v) is 14.2. The van der Waals surface area contributed by atoms with E-state index in [0.29, 0.717) is 22.0 Å². The standard InChI is InChI=1S/C32H34ClFN4O5/c1-30(41,23(14-35)16-36-2)22-12-25-28(26(34)13-22)32(21-5-7-24(33)8-6-21,43-19-31(18-39)10-11-31)38(29(25)40)17-20-4-9-27(42-3)37-15-20/h4-9,12-16,35-36,39,41H,10-11,17-19H2,1-3H3/b23-16+,35-14?/t30?,32-/m1/s1. The molecule has 2 heterocycles. The number of methoxy groups -OCH3 is 1. The van der Waals surface area contributed by atoms with Gasteiger partial charge in [-0.1, -0.05) is 29.8 Å². The minimum Gasteiger partial charge on any atom is -0.481 e. The largest absolute Gasteiger partial charge is 0.481 e. The van der Waals surface area contributed by atoms with Gasteiger partial charge in [0.15, 0.2) is 5.72 Å². The summed E-state index contributed by atoms with van der Waals surface area (Å²) >= 11 is 6.24. The summed E-state index contributed by atoms with van der Waals surface area (Å²) < 4.78 is 28.5. The van der Waals surface area contributed by atoms with Crippen LogP contribution in [0, 0.1) is 16.6 Å². The van der Waals surface area contributed by atoms with E-state index in [4.69, 9.17) is 26.5 Å². The van der Waals surface area contributed by atoms with Crippen molar-refractivity contribution in [1.82, 2.24) is 15.2 Å². The Morgan fingerprint density at radius 1 is 1.26 bits per heavy atom. The molecule has 4 N–H and O–H groups in total. The van der Waals surface area contributed by atoms with Crippen molar-refractivity contribution in [3.8, 4) is 5.88 Å². The highest BCUT2D eigenvalue weighted by Gasteiger charge is 2.56. The second-order valence-electron chi connectivity index (χ2n) is 11.2. The van der Waals surface area contributed by atoms with Crippen LogP contribution < -0.4 is 10.1 Å². The summed E-state index contributed by atoms with van der Waals surface area (Å²) in [6.07, 6.45) is 5.45. The first kappa shape index (κ1) is 30.6. The molecule has 0 radical (unpaired) electrons. The normalized spacial score (nSPS) is 20.4. The van der Waals surface area contributed by atoms with Crippen molar-refractivity contribution in [2.75, 3.05) is 27.4 Å². The van der Waals surface area contributed by atoms with Gasteiger partial charge < -0.3 is 30.4 Å². The lowest BCUT2D eigenvalue weighted by Crippen LogP contribution is -2.48. The van der Waals surface area contributed by atoms with Crippen molar-refractivity contribution < 1.29 is 28.9 Å². The molecule has 226 valence electrons. The van der Waals surface area contributed by atoms with E-state index in [1.807, 2.05) is 0 Å². The molecule has 5 rings (SSSR count). The summed E-state index contributed by atoms with van der Waals surface area (Å²) in [5, 5.41) is 32.6. The lowest BCUT2D eigenvalue weighted by molar-refractivity contribution is -0.130. The topological polar surface area (TPSA) is 128 Å². The number of aliphatic hydroxyl groups excluding tert-OH is 1. The van der Waals surface area contributed by atoms with Crippen LogP contribution in [0.25, 0.3) is 0 Å². The quantitative estimate of drug-likeness (QED) is 0.223. The number of nitrogens with one attached hydrogen (secondary N) is 2. The van der Waals surface area contributed by atoms with E-state index in [0.717, 1.165) is 19.1 Å². The van der Waals surface area contributed by atoms with Crippen LogP contribution in [0.4, 0.5) is 4.39 Å². The Balaban J connectivity index is 1.74. The van der Waals surface area contributed by atoms with E-state index >= 15 is 4.39 Å². The number of aromatic nitrogens is 1. The zero-order valence-corrected chi connectivity index (χ0v) is 24.9. The number of amides is 1. The number of ether oxygens (including phenoxy) is 2. The third-order valence-corrected chi connectivity index (χ3v) is 8.58. The van der Waals surface area contributed by atoms with Gasteiger partial charge in [0.2, 0.25) is 5.88 Å². The van der Waals surface area contributed by atoms with E-state index in [1.165, 1.54) is 37.3 Å². The maximum Gasteiger partial charge on any atom is 0.257 e.